The Kier molecular flexibility index (Phi) is 2.19. The van der Waals surface area contributed by atoms with Crippen molar-refractivity contribution in [1.29, 1.82) is 0 Å². The third-order valence-electron chi connectivity index (χ3n) is 2.27. The second-order valence-corrected chi connectivity index (χ2v) is 5.08. The number of nitrogens with two attached hydrogens (primary N) is 1. The lowest BCUT2D eigenvalue weighted by molar-refractivity contribution is 0.861. The van der Waals surface area contributed by atoms with Gasteiger partial charge in [0, 0.05) is 22.5 Å². The molecule has 4 nitrogen and oxygen atoms in total. The zero-order chi connectivity index (χ0) is 11.1. The van der Waals surface area contributed by atoms with E-state index in [1.54, 1.807) is 22.2 Å². The van der Waals surface area contributed by atoms with Crippen LogP contribution >= 0.6 is 27.3 Å². The highest BCUT2D eigenvalue weighted by Gasteiger charge is 2.09. The monoisotopic (exact) mass is 294 g/mol. The molecule has 0 aliphatic heterocycles. The average molecular weight is 295 g/mol. The van der Waals surface area contributed by atoms with E-state index in [-0.39, 0.29) is 0 Å². The standard InChI is InChI=1S/C10H7BrN4S/c11-7-5-15(14-9(7)12)10-6-2-4-16-8(6)1-3-13-10/h1-5H,(H2,12,14). The molecule has 0 bridgehead atoms. The summed E-state index contributed by atoms with van der Waals surface area (Å²) < 4.78 is 3.66. The number of fused-ring (bicyclic) bond motifs is 1. The van der Waals surface area contributed by atoms with E-state index in [1.165, 1.54) is 4.70 Å². The second-order valence-electron chi connectivity index (χ2n) is 3.27. The van der Waals surface area contributed by atoms with Gasteiger partial charge in [-0.2, -0.15) is 0 Å². The van der Waals surface area contributed by atoms with Crippen molar-refractivity contribution in [3.05, 3.63) is 34.4 Å². The first-order chi connectivity index (χ1) is 7.75. The zero-order valence-electron chi connectivity index (χ0n) is 8.09. The molecule has 0 saturated carbocycles. The first-order valence-electron chi connectivity index (χ1n) is 4.59. The topological polar surface area (TPSA) is 56.7 Å². The van der Waals surface area contributed by atoms with Crippen LogP contribution in [0.3, 0.4) is 0 Å². The molecule has 6 heteroatoms. The molecule has 0 spiro atoms. The van der Waals surface area contributed by atoms with E-state index in [0.29, 0.717) is 5.82 Å². The number of hydrogen-bond acceptors (Lipinski definition) is 4. The molecule has 3 aromatic heterocycles. The fourth-order valence-electron chi connectivity index (χ4n) is 1.54. The van der Waals surface area contributed by atoms with Crippen molar-refractivity contribution in [2.75, 3.05) is 5.73 Å². The van der Waals surface area contributed by atoms with Crippen LogP contribution in [0, 0.1) is 0 Å². The van der Waals surface area contributed by atoms with Crippen LogP contribution in [-0.4, -0.2) is 14.8 Å². The van der Waals surface area contributed by atoms with E-state index in [4.69, 9.17) is 5.73 Å². The van der Waals surface area contributed by atoms with Gasteiger partial charge in [0.2, 0.25) is 0 Å². The van der Waals surface area contributed by atoms with Crippen molar-refractivity contribution < 1.29 is 0 Å². The highest BCUT2D eigenvalue weighted by atomic mass is 79.9. The van der Waals surface area contributed by atoms with E-state index in [1.807, 2.05) is 23.7 Å². The summed E-state index contributed by atoms with van der Waals surface area (Å²) in [6, 6.07) is 4.03. The van der Waals surface area contributed by atoms with Gasteiger partial charge in [-0.1, -0.05) is 0 Å². The van der Waals surface area contributed by atoms with Crippen LogP contribution in [0.4, 0.5) is 5.82 Å². The van der Waals surface area contributed by atoms with Crippen molar-refractivity contribution in [3.8, 4) is 5.82 Å². The largest absolute Gasteiger partial charge is 0.381 e. The Morgan fingerprint density at radius 2 is 2.25 bits per heavy atom. The third-order valence-corrected chi connectivity index (χ3v) is 3.76. The lowest BCUT2D eigenvalue weighted by Gasteiger charge is -2.00. The molecular weight excluding hydrogens is 288 g/mol. The fraction of sp³-hybridized carbons (Fsp3) is 0. The summed E-state index contributed by atoms with van der Waals surface area (Å²) in [7, 11) is 0. The van der Waals surface area contributed by atoms with Gasteiger partial charge in [0.1, 0.15) is 0 Å². The summed E-state index contributed by atoms with van der Waals surface area (Å²) in [4.78, 5) is 4.33. The van der Waals surface area contributed by atoms with Gasteiger partial charge >= 0.3 is 0 Å². The number of hydrogen-bond donors (Lipinski definition) is 1. The van der Waals surface area contributed by atoms with Gasteiger partial charge in [0.15, 0.2) is 11.6 Å². The molecule has 0 radical (unpaired) electrons. The number of halogens is 1. The summed E-state index contributed by atoms with van der Waals surface area (Å²) in [5.74, 6) is 1.27. The SMILES string of the molecule is Nc1nn(-c2nccc3sccc23)cc1Br. The van der Waals surface area contributed by atoms with Crippen molar-refractivity contribution >= 4 is 43.2 Å². The summed E-state index contributed by atoms with van der Waals surface area (Å²) in [5.41, 5.74) is 5.69. The number of nitrogens with zero attached hydrogens (tertiary/aromatic N) is 3. The molecule has 80 valence electrons. The summed E-state index contributed by atoms with van der Waals surface area (Å²) in [5, 5.41) is 7.32. The minimum Gasteiger partial charge on any atom is -0.381 e. The molecule has 0 aromatic carbocycles. The van der Waals surface area contributed by atoms with Crippen LogP contribution in [0.5, 0.6) is 0 Å². The van der Waals surface area contributed by atoms with E-state index in [2.05, 4.69) is 26.0 Å². The predicted octanol–water partition coefficient (Wildman–Crippen LogP) is 2.83. The fourth-order valence-corrected chi connectivity index (χ4v) is 2.59. The summed E-state index contributed by atoms with van der Waals surface area (Å²) >= 11 is 5.02. The van der Waals surface area contributed by atoms with Crippen LogP contribution in [0.15, 0.2) is 34.4 Å². The highest BCUT2D eigenvalue weighted by Crippen LogP contribution is 2.26. The van der Waals surface area contributed by atoms with Crippen LogP contribution in [0.25, 0.3) is 15.9 Å². The summed E-state index contributed by atoms with van der Waals surface area (Å²) in [6.45, 7) is 0. The van der Waals surface area contributed by atoms with Crippen LogP contribution in [-0.2, 0) is 0 Å². The van der Waals surface area contributed by atoms with Crippen LogP contribution in [0.2, 0.25) is 0 Å². The molecule has 16 heavy (non-hydrogen) atoms. The van der Waals surface area contributed by atoms with Gasteiger partial charge in [0.05, 0.1) is 4.47 Å². The summed E-state index contributed by atoms with van der Waals surface area (Å²) in [6.07, 6.45) is 3.59. The minimum atomic E-state index is 0.467. The van der Waals surface area contributed by atoms with Gasteiger partial charge in [0.25, 0.3) is 0 Å². The van der Waals surface area contributed by atoms with Crippen molar-refractivity contribution in [2.45, 2.75) is 0 Å². The van der Waals surface area contributed by atoms with Crippen LogP contribution in [0.1, 0.15) is 0 Å². The zero-order valence-corrected chi connectivity index (χ0v) is 10.5. The molecule has 0 amide bonds. The first kappa shape index (κ1) is 9.80. The Balaban J connectivity index is 2.29. The van der Waals surface area contributed by atoms with Gasteiger partial charge in [-0.05, 0) is 33.4 Å². The molecule has 0 atom stereocenters. The molecule has 0 saturated heterocycles. The maximum atomic E-state index is 5.69. The molecule has 0 fully saturated rings. The Morgan fingerprint density at radius 1 is 1.38 bits per heavy atom. The number of nitrogen functional groups attached to an aromatic ring is 1. The number of rotatable bonds is 1. The molecular formula is C10H7BrN4S. The Morgan fingerprint density at radius 3 is 3.00 bits per heavy atom. The maximum Gasteiger partial charge on any atom is 0.162 e. The molecule has 0 aliphatic rings. The predicted molar refractivity (Wildman–Crippen MR) is 68.9 cm³/mol. The molecule has 3 aromatic rings. The molecule has 3 heterocycles. The number of aromatic nitrogens is 3. The Bertz CT molecular complexity index is 638. The molecule has 3 rings (SSSR count). The smallest absolute Gasteiger partial charge is 0.162 e. The Labute approximate surface area is 104 Å². The van der Waals surface area contributed by atoms with Gasteiger partial charge < -0.3 is 5.73 Å². The quantitative estimate of drug-likeness (QED) is 0.751. The van der Waals surface area contributed by atoms with Crippen molar-refractivity contribution in [1.82, 2.24) is 14.8 Å². The lowest BCUT2D eigenvalue weighted by Crippen LogP contribution is -1.99. The van der Waals surface area contributed by atoms with E-state index in [9.17, 15) is 0 Å². The highest BCUT2D eigenvalue weighted by molar-refractivity contribution is 9.10. The van der Waals surface area contributed by atoms with Gasteiger partial charge in [-0.3, -0.25) is 0 Å². The van der Waals surface area contributed by atoms with E-state index >= 15 is 0 Å². The van der Waals surface area contributed by atoms with Crippen LogP contribution < -0.4 is 5.73 Å². The molecule has 2 N–H and O–H groups in total. The first-order valence-corrected chi connectivity index (χ1v) is 6.26. The third kappa shape index (κ3) is 1.42. The van der Waals surface area contributed by atoms with Crippen molar-refractivity contribution in [3.63, 3.8) is 0 Å². The molecule has 0 aliphatic carbocycles. The lowest BCUT2D eigenvalue weighted by atomic mass is 10.3. The normalized spacial score (nSPS) is 11.1. The van der Waals surface area contributed by atoms with E-state index in [0.717, 1.165) is 15.7 Å². The number of pyridine rings is 1. The second kappa shape index (κ2) is 3.57. The van der Waals surface area contributed by atoms with Crippen molar-refractivity contribution in [2.24, 2.45) is 0 Å². The Hall–Kier alpha value is -1.40. The number of anilines is 1. The average Bonchev–Trinajstić information content (AvgIpc) is 2.85. The van der Waals surface area contributed by atoms with Gasteiger partial charge in [-0.15, -0.1) is 16.4 Å². The van der Waals surface area contributed by atoms with E-state index < -0.39 is 0 Å². The number of thiophene rings is 1. The maximum absolute atomic E-state index is 5.69. The van der Waals surface area contributed by atoms with Gasteiger partial charge in [-0.25, -0.2) is 9.67 Å². The minimum absolute atomic E-state index is 0.467. The molecule has 0 unspecified atom stereocenters.